The Morgan fingerprint density at radius 1 is 1.05 bits per heavy atom. The molecule has 0 spiro atoms. The second kappa shape index (κ2) is 5.45. The molecule has 1 heterocycles. The zero-order valence-electron chi connectivity index (χ0n) is 11.2. The second-order valence-corrected chi connectivity index (χ2v) is 4.51. The fraction of sp³-hybridized carbons (Fsp3) is 0.267. The van der Waals surface area contributed by atoms with E-state index in [4.69, 9.17) is 0 Å². The van der Waals surface area contributed by atoms with Gasteiger partial charge in [-0.25, -0.2) is 8.78 Å². The van der Waals surface area contributed by atoms with Crippen LogP contribution in [0, 0.1) is 25.5 Å². The van der Waals surface area contributed by atoms with Crippen molar-refractivity contribution in [2.45, 2.75) is 19.9 Å². The van der Waals surface area contributed by atoms with Crippen LogP contribution in [0.1, 0.15) is 28.6 Å². The summed E-state index contributed by atoms with van der Waals surface area (Å²) in [5.74, 6) is -1.13. The highest BCUT2D eigenvalue weighted by atomic mass is 19.1. The Hall–Kier alpha value is -1.81. The third-order valence-corrected chi connectivity index (χ3v) is 3.14. The van der Waals surface area contributed by atoms with Gasteiger partial charge in [-0.1, -0.05) is 12.1 Å². The van der Waals surface area contributed by atoms with Crippen molar-refractivity contribution in [3.63, 3.8) is 0 Å². The van der Waals surface area contributed by atoms with Crippen LogP contribution in [0.5, 0.6) is 0 Å². The largest absolute Gasteiger partial charge is 0.309 e. The van der Waals surface area contributed by atoms with Crippen LogP contribution >= 0.6 is 0 Å². The van der Waals surface area contributed by atoms with Crippen LogP contribution in [0.4, 0.5) is 8.78 Å². The van der Waals surface area contributed by atoms with Gasteiger partial charge in [0.1, 0.15) is 11.6 Å². The minimum atomic E-state index is -0.574. The Kier molecular flexibility index (Phi) is 3.90. The van der Waals surface area contributed by atoms with E-state index in [0.717, 1.165) is 23.0 Å². The van der Waals surface area contributed by atoms with Gasteiger partial charge in [-0.15, -0.1) is 0 Å². The summed E-state index contributed by atoms with van der Waals surface area (Å²) >= 11 is 0. The molecule has 0 fully saturated rings. The van der Waals surface area contributed by atoms with Crippen molar-refractivity contribution < 1.29 is 8.78 Å². The molecule has 0 aliphatic rings. The van der Waals surface area contributed by atoms with Gasteiger partial charge in [0.05, 0.1) is 6.04 Å². The number of benzene rings is 1. The summed E-state index contributed by atoms with van der Waals surface area (Å²) in [7, 11) is 1.74. The van der Waals surface area contributed by atoms with Crippen LogP contribution in [0.15, 0.2) is 30.3 Å². The maximum absolute atomic E-state index is 13.9. The summed E-state index contributed by atoms with van der Waals surface area (Å²) in [6.07, 6.45) is 0. The Balaban J connectivity index is 2.50. The highest BCUT2D eigenvalue weighted by Gasteiger charge is 2.18. The minimum Gasteiger partial charge on any atom is -0.309 e. The average molecular weight is 262 g/mol. The van der Waals surface area contributed by atoms with E-state index >= 15 is 0 Å². The van der Waals surface area contributed by atoms with Gasteiger partial charge in [0.2, 0.25) is 0 Å². The molecule has 19 heavy (non-hydrogen) atoms. The highest BCUT2D eigenvalue weighted by Crippen LogP contribution is 2.26. The van der Waals surface area contributed by atoms with Crippen molar-refractivity contribution in [2.24, 2.45) is 0 Å². The molecule has 0 radical (unpaired) electrons. The number of hydrogen-bond acceptors (Lipinski definition) is 2. The van der Waals surface area contributed by atoms with E-state index in [1.165, 1.54) is 12.1 Å². The maximum Gasteiger partial charge on any atom is 0.131 e. The topological polar surface area (TPSA) is 24.9 Å². The molecule has 1 unspecified atom stereocenters. The zero-order valence-corrected chi connectivity index (χ0v) is 11.2. The van der Waals surface area contributed by atoms with Crippen LogP contribution in [-0.2, 0) is 0 Å². The fourth-order valence-electron chi connectivity index (χ4n) is 2.22. The molecule has 1 atom stereocenters. The van der Waals surface area contributed by atoms with Crippen molar-refractivity contribution in [3.05, 3.63) is 64.5 Å². The average Bonchev–Trinajstić information content (AvgIpc) is 2.34. The maximum atomic E-state index is 13.9. The van der Waals surface area contributed by atoms with Gasteiger partial charge in [-0.3, -0.25) is 4.98 Å². The minimum absolute atomic E-state index is 0.339. The number of aromatic nitrogens is 1. The van der Waals surface area contributed by atoms with E-state index in [9.17, 15) is 8.78 Å². The van der Waals surface area contributed by atoms with Gasteiger partial charge >= 0.3 is 0 Å². The van der Waals surface area contributed by atoms with E-state index in [-0.39, 0.29) is 6.04 Å². The predicted octanol–water partition coefficient (Wildman–Crippen LogP) is 3.29. The second-order valence-electron chi connectivity index (χ2n) is 4.51. The van der Waals surface area contributed by atoms with E-state index < -0.39 is 11.6 Å². The van der Waals surface area contributed by atoms with Crippen LogP contribution in [0.25, 0.3) is 0 Å². The van der Waals surface area contributed by atoms with Crippen LogP contribution in [-0.4, -0.2) is 12.0 Å². The van der Waals surface area contributed by atoms with Gasteiger partial charge in [0.25, 0.3) is 0 Å². The lowest BCUT2D eigenvalue weighted by atomic mass is 9.97. The molecule has 100 valence electrons. The van der Waals surface area contributed by atoms with Gasteiger partial charge < -0.3 is 5.32 Å². The molecule has 1 N–H and O–H groups in total. The van der Waals surface area contributed by atoms with Crippen molar-refractivity contribution in [1.82, 2.24) is 10.3 Å². The summed E-state index contributed by atoms with van der Waals surface area (Å²) in [5, 5.41) is 3.05. The van der Waals surface area contributed by atoms with Crippen molar-refractivity contribution in [1.29, 1.82) is 0 Å². The zero-order chi connectivity index (χ0) is 14.0. The predicted molar refractivity (Wildman–Crippen MR) is 71.0 cm³/mol. The van der Waals surface area contributed by atoms with Crippen molar-refractivity contribution in [3.8, 4) is 0 Å². The van der Waals surface area contributed by atoms with Gasteiger partial charge in [0, 0.05) is 23.0 Å². The van der Waals surface area contributed by atoms with E-state index in [2.05, 4.69) is 10.3 Å². The molecular weight excluding hydrogens is 246 g/mol. The standard InChI is InChI=1S/C15H16F2N2/c1-9-4-6-12(10(2)19-9)15(18-3)13-7-5-11(16)8-14(13)17/h4-8,15,18H,1-3H3. The normalized spacial score (nSPS) is 12.5. The Morgan fingerprint density at radius 3 is 2.32 bits per heavy atom. The number of halogens is 2. The lowest BCUT2D eigenvalue weighted by Gasteiger charge is -2.19. The number of aryl methyl sites for hydroxylation is 2. The van der Waals surface area contributed by atoms with E-state index in [1.807, 2.05) is 26.0 Å². The lowest BCUT2D eigenvalue weighted by Crippen LogP contribution is -2.20. The molecule has 0 aliphatic carbocycles. The van der Waals surface area contributed by atoms with Gasteiger partial charge in [-0.05, 0) is 38.6 Å². The summed E-state index contributed by atoms with van der Waals surface area (Å²) < 4.78 is 26.9. The van der Waals surface area contributed by atoms with Crippen molar-refractivity contribution in [2.75, 3.05) is 7.05 Å². The number of nitrogens with one attached hydrogen (secondary N) is 1. The molecule has 2 rings (SSSR count). The smallest absolute Gasteiger partial charge is 0.131 e. The number of hydrogen-bond donors (Lipinski definition) is 1. The van der Waals surface area contributed by atoms with Crippen LogP contribution < -0.4 is 5.32 Å². The molecule has 2 aromatic rings. The van der Waals surface area contributed by atoms with E-state index in [1.54, 1.807) is 7.05 Å². The SMILES string of the molecule is CNC(c1ccc(F)cc1F)c1ccc(C)nc1C. The molecule has 0 amide bonds. The Labute approximate surface area is 111 Å². The molecule has 0 bridgehead atoms. The number of pyridine rings is 1. The fourth-order valence-corrected chi connectivity index (χ4v) is 2.22. The number of nitrogens with zero attached hydrogens (tertiary/aromatic N) is 1. The lowest BCUT2D eigenvalue weighted by molar-refractivity contribution is 0.550. The van der Waals surface area contributed by atoms with Crippen LogP contribution in [0.3, 0.4) is 0 Å². The monoisotopic (exact) mass is 262 g/mol. The molecule has 1 aromatic heterocycles. The molecule has 2 nitrogen and oxygen atoms in total. The van der Waals surface area contributed by atoms with Crippen LogP contribution in [0.2, 0.25) is 0 Å². The summed E-state index contributed by atoms with van der Waals surface area (Å²) in [6.45, 7) is 3.79. The first-order chi connectivity index (χ1) is 9.02. The summed E-state index contributed by atoms with van der Waals surface area (Å²) in [6, 6.07) is 7.09. The quantitative estimate of drug-likeness (QED) is 0.918. The highest BCUT2D eigenvalue weighted by molar-refractivity contribution is 5.35. The molecule has 4 heteroatoms. The summed E-state index contributed by atoms with van der Waals surface area (Å²) in [4.78, 5) is 4.38. The molecular formula is C15H16F2N2. The molecule has 1 aromatic carbocycles. The Bertz CT molecular complexity index is 545. The van der Waals surface area contributed by atoms with Gasteiger partial charge in [0.15, 0.2) is 0 Å². The first-order valence-electron chi connectivity index (χ1n) is 6.09. The molecule has 0 saturated heterocycles. The third-order valence-electron chi connectivity index (χ3n) is 3.14. The molecule has 0 aliphatic heterocycles. The summed E-state index contributed by atoms with van der Waals surface area (Å²) in [5.41, 5.74) is 3.05. The third kappa shape index (κ3) is 2.79. The first kappa shape index (κ1) is 13.6. The number of rotatable bonds is 3. The Morgan fingerprint density at radius 2 is 1.74 bits per heavy atom. The van der Waals surface area contributed by atoms with E-state index in [0.29, 0.717) is 5.56 Å². The van der Waals surface area contributed by atoms with Crippen molar-refractivity contribution >= 4 is 0 Å². The molecule has 0 saturated carbocycles. The first-order valence-corrected chi connectivity index (χ1v) is 6.09. The van der Waals surface area contributed by atoms with Gasteiger partial charge in [-0.2, -0.15) is 0 Å².